The lowest BCUT2D eigenvalue weighted by Gasteiger charge is -2.35. The quantitative estimate of drug-likeness (QED) is 0.849. The van der Waals surface area contributed by atoms with Gasteiger partial charge < -0.3 is 14.5 Å². The van der Waals surface area contributed by atoms with Crippen LogP contribution in [0.5, 0.6) is 5.75 Å². The highest BCUT2D eigenvalue weighted by atomic mass is 32.1. The molecule has 0 saturated heterocycles. The molecular formula is C19H20N2O3S. The molecule has 2 amide bonds. The molecule has 3 heterocycles. The van der Waals surface area contributed by atoms with Gasteiger partial charge >= 0.3 is 0 Å². The lowest BCUT2D eigenvalue weighted by atomic mass is 10.0. The highest BCUT2D eigenvalue weighted by Crippen LogP contribution is 2.34. The molecule has 1 atom stereocenters. The summed E-state index contributed by atoms with van der Waals surface area (Å²) >= 11 is 1.77. The minimum Gasteiger partial charge on any atom is -0.482 e. The Labute approximate surface area is 150 Å². The highest BCUT2D eigenvalue weighted by Gasteiger charge is 2.30. The van der Waals surface area contributed by atoms with E-state index in [4.69, 9.17) is 4.74 Å². The second-order valence-corrected chi connectivity index (χ2v) is 7.36. The number of para-hydroxylation sites is 2. The van der Waals surface area contributed by atoms with Gasteiger partial charge in [0.1, 0.15) is 5.75 Å². The molecule has 0 fully saturated rings. The molecule has 0 saturated carbocycles. The van der Waals surface area contributed by atoms with Crippen LogP contribution in [-0.2, 0) is 16.0 Å². The number of anilines is 1. The molecule has 0 bridgehead atoms. The fraction of sp³-hybridized carbons (Fsp3) is 0.368. The van der Waals surface area contributed by atoms with E-state index in [0.29, 0.717) is 18.7 Å². The topological polar surface area (TPSA) is 49.9 Å². The Hall–Kier alpha value is -2.34. The largest absolute Gasteiger partial charge is 0.482 e. The van der Waals surface area contributed by atoms with Crippen molar-refractivity contribution in [1.29, 1.82) is 0 Å². The van der Waals surface area contributed by atoms with Crippen LogP contribution >= 0.6 is 11.3 Å². The third-order valence-electron chi connectivity index (χ3n) is 4.96. The average Bonchev–Trinajstić information content (AvgIpc) is 3.10. The van der Waals surface area contributed by atoms with Gasteiger partial charge in [0.05, 0.1) is 11.7 Å². The van der Waals surface area contributed by atoms with Crippen molar-refractivity contribution in [3.8, 4) is 5.75 Å². The van der Waals surface area contributed by atoms with Crippen molar-refractivity contribution in [3.63, 3.8) is 0 Å². The number of benzene rings is 1. The Morgan fingerprint density at radius 2 is 2.16 bits per heavy atom. The number of rotatable bonds is 3. The maximum Gasteiger partial charge on any atom is 0.265 e. The number of hydrogen-bond donors (Lipinski definition) is 0. The molecule has 2 aromatic rings. The summed E-state index contributed by atoms with van der Waals surface area (Å²) in [6.07, 6.45) is 1.24. The minimum atomic E-state index is -0.0988. The summed E-state index contributed by atoms with van der Waals surface area (Å²) in [5.74, 6) is 0.697. The van der Waals surface area contributed by atoms with E-state index in [9.17, 15) is 9.59 Å². The van der Waals surface area contributed by atoms with E-state index in [0.717, 1.165) is 18.7 Å². The van der Waals surface area contributed by atoms with Gasteiger partial charge in [-0.2, -0.15) is 0 Å². The molecule has 0 spiro atoms. The summed E-state index contributed by atoms with van der Waals surface area (Å²) in [6.45, 7) is 3.25. The Morgan fingerprint density at radius 1 is 1.32 bits per heavy atom. The molecule has 1 aromatic heterocycles. The summed E-state index contributed by atoms with van der Waals surface area (Å²) in [5, 5.41) is 2.10. The number of ether oxygens (including phenoxy) is 1. The van der Waals surface area contributed by atoms with Crippen LogP contribution in [0.15, 0.2) is 35.7 Å². The van der Waals surface area contributed by atoms with E-state index >= 15 is 0 Å². The summed E-state index contributed by atoms with van der Waals surface area (Å²) in [4.78, 5) is 30.0. The van der Waals surface area contributed by atoms with Gasteiger partial charge in [-0.05, 0) is 42.5 Å². The van der Waals surface area contributed by atoms with Gasteiger partial charge in [0.2, 0.25) is 5.91 Å². The first-order valence-corrected chi connectivity index (χ1v) is 9.41. The van der Waals surface area contributed by atoms with E-state index < -0.39 is 0 Å². The van der Waals surface area contributed by atoms with E-state index in [1.165, 1.54) is 10.4 Å². The number of amides is 2. The Morgan fingerprint density at radius 3 is 3.04 bits per heavy atom. The molecule has 2 aliphatic heterocycles. The molecule has 1 aromatic carbocycles. The van der Waals surface area contributed by atoms with Crippen LogP contribution in [0.3, 0.4) is 0 Å². The first-order chi connectivity index (χ1) is 12.1. The Bertz CT molecular complexity index is 817. The molecule has 25 heavy (non-hydrogen) atoms. The highest BCUT2D eigenvalue weighted by molar-refractivity contribution is 7.10. The lowest BCUT2D eigenvalue weighted by molar-refractivity contribution is -0.133. The van der Waals surface area contributed by atoms with Gasteiger partial charge in [0.15, 0.2) is 6.61 Å². The smallest absolute Gasteiger partial charge is 0.265 e. The minimum absolute atomic E-state index is 0.0313. The van der Waals surface area contributed by atoms with E-state index in [1.807, 2.05) is 29.2 Å². The summed E-state index contributed by atoms with van der Waals surface area (Å²) in [6, 6.07) is 9.69. The Kier molecular flexibility index (Phi) is 4.21. The van der Waals surface area contributed by atoms with Crippen LogP contribution in [0.4, 0.5) is 5.69 Å². The average molecular weight is 356 g/mol. The fourth-order valence-corrected chi connectivity index (χ4v) is 4.56. The number of carbonyl (C=O) groups excluding carboxylic acids is 2. The molecule has 130 valence electrons. The molecule has 0 N–H and O–H groups in total. The molecule has 0 aliphatic carbocycles. The molecule has 2 aliphatic rings. The van der Waals surface area contributed by atoms with Crippen LogP contribution in [-0.4, -0.2) is 36.4 Å². The van der Waals surface area contributed by atoms with Gasteiger partial charge in [-0.25, -0.2) is 0 Å². The van der Waals surface area contributed by atoms with Gasteiger partial charge in [0.25, 0.3) is 5.91 Å². The molecule has 5 nitrogen and oxygen atoms in total. The van der Waals surface area contributed by atoms with Gasteiger partial charge in [-0.15, -0.1) is 11.3 Å². The monoisotopic (exact) mass is 356 g/mol. The predicted octanol–water partition coefficient (Wildman–Crippen LogP) is 3.01. The SMILES string of the molecule is CC1c2ccsc2CCN1C(=O)CCN1C(=O)COc2ccccc21. The van der Waals surface area contributed by atoms with Crippen LogP contribution in [0, 0.1) is 0 Å². The van der Waals surface area contributed by atoms with E-state index in [1.54, 1.807) is 16.2 Å². The number of fused-ring (bicyclic) bond motifs is 2. The summed E-state index contributed by atoms with van der Waals surface area (Å²) in [5.41, 5.74) is 2.01. The van der Waals surface area contributed by atoms with Crippen molar-refractivity contribution in [2.75, 3.05) is 24.6 Å². The third kappa shape index (κ3) is 2.91. The van der Waals surface area contributed by atoms with Crippen molar-refractivity contribution in [3.05, 3.63) is 46.2 Å². The number of nitrogens with zero attached hydrogens (tertiary/aromatic N) is 2. The second-order valence-electron chi connectivity index (χ2n) is 6.36. The van der Waals surface area contributed by atoms with Gasteiger partial charge in [-0.3, -0.25) is 9.59 Å². The molecule has 6 heteroatoms. The molecule has 0 radical (unpaired) electrons. The normalized spacial score (nSPS) is 19.2. The zero-order valence-corrected chi connectivity index (χ0v) is 14.9. The van der Waals surface area contributed by atoms with Crippen molar-refractivity contribution in [2.45, 2.75) is 25.8 Å². The van der Waals surface area contributed by atoms with Crippen molar-refractivity contribution < 1.29 is 14.3 Å². The molecular weight excluding hydrogens is 336 g/mol. The predicted molar refractivity (Wildman–Crippen MR) is 97.1 cm³/mol. The van der Waals surface area contributed by atoms with Crippen LogP contribution in [0.25, 0.3) is 0 Å². The third-order valence-corrected chi connectivity index (χ3v) is 5.95. The Balaban J connectivity index is 1.45. The number of hydrogen-bond acceptors (Lipinski definition) is 4. The van der Waals surface area contributed by atoms with Crippen LogP contribution < -0.4 is 9.64 Å². The summed E-state index contributed by atoms with van der Waals surface area (Å²) in [7, 11) is 0. The van der Waals surface area contributed by atoms with Crippen molar-refractivity contribution >= 4 is 28.8 Å². The lowest BCUT2D eigenvalue weighted by Crippen LogP contribution is -2.43. The second kappa shape index (κ2) is 6.52. The van der Waals surface area contributed by atoms with Crippen molar-refractivity contribution in [2.24, 2.45) is 0 Å². The molecule has 1 unspecified atom stereocenters. The zero-order chi connectivity index (χ0) is 17.4. The van der Waals surface area contributed by atoms with E-state index in [-0.39, 0.29) is 24.5 Å². The first kappa shape index (κ1) is 16.1. The number of thiophene rings is 1. The number of carbonyl (C=O) groups is 2. The van der Waals surface area contributed by atoms with Crippen LogP contribution in [0.2, 0.25) is 0 Å². The van der Waals surface area contributed by atoms with Crippen molar-refractivity contribution in [1.82, 2.24) is 4.90 Å². The van der Waals surface area contributed by atoms with Crippen LogP contribution in [0.1, 0.15) is 29.8 Å². The fourth-order valence-electron chi connectivity index (χ4n) is 3.60. The first-order valence-electron chi connectivity index (χ1n) is 8.53. The maximum atomic E-state index is 12.8. The van der Waals surface area contributed by atoms with E-state index in [2.05, 4.69) is 18.4 Å². The van der Waals surface area contributed by atoms with Gasteiger partial charge in [-0.1, -0.05) is 12.1 Å². The molecule has 4 rings (SSSR count). The van der Waals surface area contributed by atoms with Gasteiger partial charge in [0, 0.05) is 24.4 Å². The zero-order valence-electron chi connectivity index (χ0n) is 14.1. The maximum absolute atomic E-state index is 12.8. The standard InChI is InChI=1S/C19H20N2O3S/c1-13-14-8-11-25-17(14)6-9-20(13)18(22)7-10-21-15-4-2-3-5-16(15)24-12-19(21)23/h2-5,8,11,13H,6-7,9-10,12H2,1H3. The summed E-state index contributed by atoms with van der Waals surface area (Å²) < 4.78 is 5.45.